The van der Waals surface area contributed by atoms with Gasteiger partial charge in [-0.15, -0.1) is 0 Å². The van der Waals surface area contributed by atoms with Gasteiger partial charge < -0.3 is 28.8 Å². The van der Waals surface area contributed by atoms with Crippen molar-refractivity contribution in [2.24, 2.45) is 28.1 Å². The molecule has 4 heterocycles. The number of furan rings is 1. The van der Waals surface area contributed by atoms with Gasteiger partial charge in [0.15, 0.2) is 6.10 Å². The van der Waals surface area contributed by atoms with E-state index in [-0.39, 0.29) is 25.0 Å². The molecule has 35 heavy (non-hydrogen) atoms. The second-order valence-corrected chi connectivity index (χ2v) is 12.3. The van der Waals surface area contributed by atoms with E-state index in [0.717, 1.165) is 0 Å². The number of fused-ring (bicyclic) bond motifs is 3. The normalized spacial score (nSPS) is 52.1. The van der Waals surface area contributed by atoms with Gasteiger partial charge in [-0.3, -0.25) is 9.59 Å². The quantitative estimate of drug-likeness (QED) is 0.450. The van der Waals surface area contributed by atoms with Crippen LogP contribution in [-0.4, -0.2) is 57.4 Å². The summed E-state index contributed by atoms with van der Waals surface area (Å²) in [5, 5.41) is 23.3. The Hall–Kier alpha value is -2.23. The molecule has 0 radical (unpaired) electrons. The number of esters is 2. The van der Waals surface area contributed by atoms with E-state index in [2.05, 4.69) is 0 Å². The van der Waals surface area contributed by atoms with Crippen LogP contribution in [0.5, 0.6) is 0 Å². The molecule has 0 aromatic carbocycles. The topological polar surface area (TPSA) is 136 Å². The van der Waals surface area contributed by atoms with Crippen LogP contribution < -0.4 is 0 Å². The molecule has 2 aliphatic carbocycles. The van der Waals surface area contributed by atoms with Gasteiger partial charge in [0.1, 0.15) is 23.1 Å². The largest absolute Gasteiger partial charge is 0.472 e. The first-order chi connectivity index (χ1) is 16.2. The Kier molecular flexibility index (Phi) is 4.34. The number of epoxide rings is 1. The molecule has 0 bridgehead atoms. The molecule has 1 spiro atoms. The van der Waals surface area contributed by atoms with Crippen LogP contribution in [-0.2, 0) is 28.6 Å². The number of aliphatic hydroxyl groups excluding tert-OH is 2. The van der Waals surface area contributed by atoms with Crippen molar-refractivity contribution in [3.8, 4) is 0 Å². The van der Waals surface area contributed by atoms with Crippen molar-refractivity contribution in [2.75, 3.05) is 0 Å². The van der Waals surface area contributed by atoms with Gasteiger partial charge in [-0.05, 0) is 33.3 Å². The van der Waals surface area contributed by atoms with Crippen molar-refractivity contribution in [3.63, 3.8) is 0 Å². The van der Waals surface area contributed by atoms with Gasteiger partial charge in [0.2, 0.25) is 0 Å². The van der Waals surface area contributed by atoms with E-state index in [1.165, 1.54) is 12.5 Å². The van der Waals surface area contributed by atoms with Crippen LogP contribution in [0.15, 0.2) is 23.0 Å². The Morgan fingerprint density at radius 2 is 1.71 bits per heavy atom. The maximum Gasteiger partial charge on any atom is 0.339 e. The third-order valence-corrected chi connectivity index (χ3v) is 10.4. The first-order valence-electron chi connectivity index (χ1n) is 12.3. The lowest BCUT2D eigenvalue weighted by molar-refractivity contribution is -0.257. The molecular formula is C26H32O9. The molecule has 1 aromatic rings. The maximum absolute atomic E-state index is 14.2. The van der Waals surface area contributed by atoms with Gasteiger partial charge in [-0.1, -0.05) is 13.8 Å². The summed E-state index contributed by atoms with van der Waals surface area (Å²) in [5.74, 6) is -2.57. The fourth-order valence-electron chi connectivity index (χ4n) is 9.05. The molecule has 5 aliphatic rings. The highest BCUT2D eigenvalue weighted by Crippen LogP contribution is 2.78. The summed E-state index contributed by atoms with van der Waals surface area (Å²) >= 11 is 0. The van der Waals surface area contributed by atoms with Gasteiger partial charge in [0, 0.05) is 34.7 Å². The molecule has 1 aromatic heterocycles. The Morgan fingerprint density at radius 3 is 2.37 bits per heavy atom. The van der Waals surface area contributed by atoms with Crippen molar-refractivity contribution in [1.29, 1.82) is 0 Å². The summed E-state index contributed by atoms with van der Waals surface area (Å²) in [5.41, 5.74) is -4.94. The van der Waals surface area contributed by atoms with E-state index in [1.54, 1.807) is 26.8 Å². The zero-order valence-electron chi connectivity index (χ0n) is 20.6. The highest BCUT2D eigenvalue weighted by molar-refractivity contribution is 5.93. The van der Waals surface area contributed by atoms with E-state index in [4.69, 9.17) is 18.6 Å². The van der Waals surface area contributed by atoms with Crippen LogP contribution in [0.4, 0.5) is 0 Å². The van der Waals surface area contributed by atoms with Gasteiger partial charge in [0.25, 0.3) is 0 Å². The summed E-state index contributed by atoms with van der Waals surface area (Å²) in [7, 11) is 0. The zero-order valence-corrected chi connectivity index (χ0v) is 20.6. The minimum absolute atomic E-state index is 0.0207. The van der Waals surface area contributed by atoms with Crippen molar-refractivity contribution >= 4 is 17.7 Å². The van der Waals surface area contributed by atoms with Crippen molar-refractivity contribution in [2.45, 2.75) is 89.5 Å². The molecule has 1 unspecified atom stereocenters. The number of carbonyl (C=O) groups is 3. The predicted molar refractivity (Wildman–Crippen MR) is 117 cm³/mol. The number of hydrogen-bond donors (Lipinski definition) is 2. The number of carbonyl (C=O) groups excluding carboxylic acids is 3. The number of aliphatic hydroxyl groups is 2. The summed E-state index contributed by atoms with van der Waals surface area (Å²) in [6.45, 7) is 9.01. The molecule has 3 saturated heterocycles. The molecule has 9 heteroatoms. The number of cyclic esters (lactones) is 2. The number of rotatable bonds is 1. The summed E-state index contributed by atoms with van der Waals surface area (Å²) in [4.78, 5) is 39.9. The fourth-order valence-corrected chi connectivity index (χ4v) is 9.05. The van der Waals surface area contributed by atoms with E-state index in [1.807, 2.05) is 13.8 Å². The molecular weight excluding hydrogens is 456 g/mol. The molecule has 3 aliphatic heterocycles. The van der Waals surface area contributed by atoms with Crippen LogP contribution in [0.25, 0.3) is 0 Å². The average molecular weight is 489 g/mol. The number of ketones is 1. The number of hydrogen-bond acceptors (Lipinski definition) is 9. The van der Waals surface area contributed by atoms with Crippen molar-refractivity contribution in [1.82, 2.24) is 0 Å². The molecule has 10 atom stereocenters. The third kappa shape index (κ3) is 2.42. The van der Waals surface area contributed by atoms with Gasteiger partial charge in [0.05, 0.1) is 36.6 Å². The first-order valence-corrected chi connectivity index (χ1v) is 12.3. The van der Waals surface area contributed by atoms with E-state index in [0.29, 0.717) is 5.56 Å². The lowest BCUT2D eigenvalue weighted by Crippen LogP contribution is -2.75. The van der Waals surface area contributed by atoms with Crippen LogP contribution in [0.3, 0.4) is 0 Å². The number of Topliss-reactive ketones (excluding diaryl/α,β-unsaturated/α-hetero) is 1. The lowest BCUT2D eigenvalue weighted by Gasteiger charge is -2.67. The minimum Gasteiger partial charge on any atom is -0.472 e. The van der Waals surface area contributed by atoms with Crippen LogP contribution in [0, 0.1) is 28.1 Å². The Morgan fingerprint density at radius 1 is 1.00 bits per heavy atom. The predicted octanol–water partition coefficient (Wildman–Crippen LogP) is 2.09. The summed E-state index contributed by atoms with van der Waals surface area (Å²) < 4.78 is 23.0. The zero-order chi connectivity index (χ0) is 25.3. The number of ether oxygens (including phenoxy) is 3. The van der Waals surface area contributed by atoms with Gasteiger partial charge in [-0.25, -0.2) is 4.79 Å². The molecule has 2 saturated carbocycles. The van der Waals surface area contributed by atoms with E-state index >= 15 is 0 Å². The van der Waals surface area contributed by atoms with Crippen molar-refractivity contribution in [3.05, 3.63) is 24.2 Å². The van der Waals surface area contributed by atoms with E-state index < -0.39 is 75.6 Å². The van der Waals surface area contributed by atoms with Crippen LogP contribution in [0.1, 0.15) is 65.5 Å². The second-order valence-electron chi connectivity index (χ2n) is 12.3. The first kappa shape index (κ1) is 23.2. The fraction of sp³-hybridized carbons (Fsp3) is 0.731. The molecule has 0 amide bonds. The minimum atomic E-state index is -1.32. The summed E-state index contributed by atoms with van der Waals surface area (Å²) in [6, 6.07) is 1.71. The maximum atomic E-state index is 14.2. The van der Waals surface area contributed by atoms with Crippen LogP contribution >= 0.6 is 0 Å². The highest BCUT2D eigenvalue weighted by Gasteiger charge is 2.90. The Balaban J connectivity index is 1.56. The lowest BCUT2D eigenvalue weighted by atomic mass is 9.36. The van der Waals surface area contributed by atoms with Crippen molar-refractivity contribution < 1.29 is 43.2 Å². The third-order valence-electron chi connectivity index (χ3n) is 10.4. The standard InChI is InChI=1S/C26H32O9/c1-22(2)14-8-16(29)25(5)18(24(14,4)15(28)9-17(30)34-22)13(27)10-23(3)19(12-6-7-32-11-12)33-21(31)20-26(23,25)35-20/h6-7,11,13-15,18-20,27-28H,8-10H2,1-5H3/t13-,14-,15-,18?,19-,20+,23-,24+,25+,26+/m0/s1. The molecule has 9 nitrogen and oxygen atoms in total. The van der Waals surface area contributed by atoms with Gasteiger partial charge in [-0.2, -0.15) is 0 Å². The summed E-state index contributed by atoms with van der Waals surface area (Å²) in [6.07, 6.45) is -0.973. The average Bonchev–Trinajstić information content (AvgIpc) is 3.34. The molecule has 6 rings (SSSR count). The molecule has 5 fully saturated rings. The monoisotopic (exact) mass is 488 g/mol. The molecule has 2 N–H and O–H groups in total. The Labute approximate surface area is 203 Å². The molecule has 190 valence electrons. The second kappa shape index (κ2) is 6.55. The SMILES string of the molecule is CC1(C)OC(=O)C[C@H](O)[C@]2(C)C3[C@@H](O)C[C@@]4(C)[C@H](c5ccoc5)OC(=O)[C@H]5O[C@]54[C@]3(C)C(=O)C[C@@H]12. The van der Waals surface area contributed by atoms with E-state index in [9.17, 15) is 24.6 Å². The Bertz CT molecular complexity index is 1130. The van der Waals surface area contributed by atoms with Gasteiger partial charge >= 0.3 is 11.9 Å². The highest BCUT2D eigenvalue weighted by atomic mass is 16.7. The smallest absolute Gasteiger partial charge is 0.339 e. The van der Waals surface area contributed by atoms with Crippen LogP contribution in [0.2, 0.25) is 0 Å².